The number of aromatic amines is 1. The van der Waals surface area contributed by atoms with Crippen LogP contribution in [0, 0.1) is 10.2 Å². The van der Waals surface area contributed by atoms with Gasteiger partial charge in [0.2, 0.25) is 0 Å². The maximum Gasteiger partial charge on any atom is 0.262 e. The minimum Gasteiger partial charge on any atom is -0.332 e. The fraction of sp³-hybridized carbons (Fsp3) is 0.429. The maximum atomic E-state index is 12.4. The number of benzene rings is 1. The molecule has 0 aliphatic heterocycles. The summed E-state index contributed by atoms with van der Waals surface area (Å²) < 4.78 is 2.25. The molecule has 1 heterocycles. The van der Waals surface area contributed by atoms with Crippen LogP contribution < -0.4 is 5.56 Å². The SMILES string of the molecule is CC1(Cn2c(=S)[nH]c3ccccc3c2=O)CCC1. The van der Waals surface area contributed by atoms with Crippen LogP contribution >= 0.6 is 12.2 Å². The second-order valence-corrected chi connectivity index (χ2v) is 5.92. The number of H-pyrrole nitrogens is 1. The summed E-state index contributed by atoms with van der Waals surface area (Å²) in [6, 6.07) is 7.53. The fourth-order valence-corrected chi connectivity index (χ4v) is 2.92. The zero-order valence-corrected chi connectivity index (χ0v) is 11.2. The number of rotatable bonds is 2. The molecule has 1 aromatic carbocycles. The average molecular weight is 260 g/mol. The molecule has 0 unspecified atom stereocenters. The molecule has 1 N–H and O–H groups in total. The van der Waals surface area contributed by atoms with Crippen molar-refractivity contribution < 1.29 is 0 Å². The lowest BCUT2D eigenvalue weighted by atomic mass is 9.70. The van der Waals surface area contributed by atoms with Gasteiger partial charge in [-0.15, -0.1) is 0 Å². The van der Waals surface area contributed by atoms with E-state index in [0.29, 0.717) is 10.2 Å². The van der Waals surface area contributed by atoms with E-state index >= 15 is 0 Å². The van der Waals surface area contributed by atoms with Crippen molar-refractivity contribution in [3.8, 4) is 0 Å². The summed E-state index contributed by atoms with van der Waals surface area (Å²) >= 11 is 5.31. The molecule has 0 bridgehead atoms. The first-order valence-electron chi connectivity index (χ1n) is 6.31. The Hall–Kier alpha value is -1.42. The van der Waals surface area contributed by atoms with Gasteiger partial charge in [0.15, 0.2) is 4.77 Å². The summed E-state index contributed by atoms with van der Waals surface area (Å²) in [5, 5.41) is 0.717. The summed E-state index contributed by atoms with van der Waals surface area (Å²) in [6.07, 6.45) is 3.62. The number of nitrogens with zero attached hydrogens (tertiary/aromatic N) is 1. The molecule has 0 amide bonds. The Bertz CT molecular complexity index is 710. The minimum absolute atomic E-state index is 0.0301. The first-order chi connectivity index (χ1) is 8.59. The van der Waals surface area contributed by atoms with Crippen molar-refractivity contribution in [2.24, 2.45) is 5.41 Å². The van der Waals surface area contributed by atoms with Gasteiger partial charge < -0.3 is 4.98 Å². The summed E-state index contributed by atoms with van der Waals surface area (Å²) in [7, 11) is 0. The van der Waals surface area contributed by atoms with E-state index in [9.17, 15) is 4.79 Å². The predicted octanol–water partition coefficient (Wildman–Crippen LogP) is 3.25. The van der Waals surface area contributed by atoms with E-state index in [1.807, 2.05) is 24.3 Å². The Kier molecular flexibility index (Phi) is 2.63. The molecule has 18 heavy (non-hydrogen) atoms. The van der Waals surface area contributed by atoms with Gasteiger partial charge in [0.25, 0.3) is 5.56 Å². The molecule has 1 aromatic heterocycles. The van der Waals surface area contributed by atoms with Gasteiger partial charge in [-0.1, -0.05) is 25.5 Å². The third kappa shape index (κ3) is 1.81. The lowest BCUT2D eigenvalue weighted by molar-refractivity contribution is 0.129. The van der Waals surface area contributed by atoms with Gasteiger partial charge >= 0.3 is 0 Å². The highest BCUT2D eigenvalue weighted by Gasteiger charge is 2.32. The summed E-state index contributed by atoms with van der Waals surface area (Å²) in [4.78, 5) is 15.6. The number of hydrogen-bond donors (Lipinski definition) is 1. The molecule has 1 saturated carbocycles. The van der Waals surface area contributed by atoms with Gasteiger partial charge in [-0.3, -0.25) is 9.36 Å². The maximum absolute atomic E-state index is 12.4. The summed E-state index contributed by atoms with van der Waals surface area (Å²) in [5.74, 6) is 0. The monoisotopic (exact) mass is 260 g/mol. The van der Waals surface area contributed by atoms with E-state index in [1.54, 1.807) is 4.57 Å². The van der Waals surface area contributed by atoms with Crippen molar-refractivity contribution in [2.75, 3.05) is 0 Å². The molecule has 94 valence electrons. The highest BCUT2D eigenvalue weighted by atomic mass is 32.1. The second kappa shape index (κ2) is 4.05. The Balaban J connectivity index is 2.17. The normalized spacial score (nSPS) is 17.6. The van der Waals surface area contributed by atoms with Crippen LogP contribution in [0.25, 0.3) is 10.9 Å². The van der Waals surface area contributed by atoms with Crippen LogP contribution in [0.4, 0.5) is 0 Å². The van der Waals surface area contributed by atoms with Crippen LogP contribution in [-0.2, 0) is 6.54 Å². The van der Waals surface area contributed by atoms with E-state index in [0.717, 1.165) is 12.1 Å². The Morgan fingerprint density at radius 3 is 2.78 bits per heavy atom. The fourth-order valence-electron chi connectivity index (χ4n) is 2.66. The van der Waals surface area contributed by atoms with Crippen LogP contribution in [0.15, 0.2) is 29.1 Å². The average Bonchev–Trinajstić information content (AvgIpc) is 2.32. The van der Waals surface area contributed by atoms with Crippen molar-refractivity contribution in [1.82, 2.24) is 9.55 Å². The molecule has 0 saturated heterocycles. The molecule has 1 aliphatic carbocycles. The van der Waals surface area contributed by atoms with Crippen molar-refractivity contribution in [3.63, 3.8) is 0 Å². The number of para-hydroxylation sites is 1. The molecular formula is C14H16N2OS. The standard InChI is InChI=1S/C14H16N2OS/c1-14(7-4-8-14)9-16-12(17)10-5-2-3-6-11(10)15-13(16)18/h2-3,5-6H,4,7-9H2,1H3,(H,15,18). The number of hydrogen-bond acceptors (Lipinski definition) is 2. The first kappa shape index (κ1) is 11.7. The first-order valence-corrected chi connectivity index (χ1v) is 6.72. The molecular weight excluding hydrogens is 244 g/mol. The van der Waals surface area contributed by atoms with Crippen LogP contribution in [0.3, 0.4) is 0 Å². The van der Waals surface area contributed by atoms with Crippen molar-refractivity contribution >= 4 is 23.1 Å². The van der Waals surface area contributed by atoms with E-state index in [-0.39, 0.29) is 11.0 Å². The van der Waals surface area contributed by atoms with Crippen LogP contribution in [0.5, 0.6) is 0 Å². The second-order valence-electron chi connectivity index (χ2n) is 5.53. The largest absolute Gasteiger partial charge is 0.332 e. The third-order valence-corrected chi connectivity index (χ3v) is 4.31. The molecule has 0 radical (unpaired) electrons. The van der Waals surface area contributed by atoms with Gasteiger partial charge in [-0.25, -0.2) is 0 Å². The smallest absolute Gasteiger partial charge is 0.262 e. The van der Waals surface area contributed by atoms with E-state index in [2.05, 4.69) is 11.9 Å². The Morgan fingerprint density at radius 2 is 2.11 bits per heavy atom. The predicted molar refractivity (Wildman–Crippen MR) is 75.4 cm³/mol. The van der Waals surface area contributed by atoms with Crippen molar-refractivity contribution in [3.05, 3.63) is 39.4 Å². The number of nitrogens with one attached hydrogen (secondary N) is 1. The van der Waals surface area contributed by atoms with Crippen LogP contribution in [0.2, 0.25) is 0 Å². The highest BCUT2D eigenvalue weighted by molar-refractivity contribution is 7.71. The van der Waals surface area contributed by atoms with E-state index < -0.39 is 0 Å². The zero-order valence-electron chi connectivity index (χ0n) is 10.4. The van der Waals surface area contributed by atoms with Gasteiger partial charge in [-0.2, -0.15) is 0 Å². The molecule has 3 rings (SSSR count). The molecule has 4 heteroatoms. The molecule has 0 atom stereocenters. The lowest BCUT2D eigenvalue weighted by Gasteiger charge is -2.38. The van der Waals surface area contributed by atoms with E-state index in [1.165, 1.54) is 19.3 Å². The molecule has 0 spiro atoms. The number of fused-ring (bicyclic) bond motifs is 1. The van der Waals surface area contributed by atoms with Gasteiger partial charge in [0.05, 0.1) is 10.9 Å². The van der Waals surface area contributed by atoms with Crippen molar-refractivity contribution in [1.29, 1.82) is 0 Å². The van der Waals surface area contributed by atoms with E-state index in [4.69, 9.17) is 12.2 Å². The number of aromatic nitrogens is 2. The van der Waals surface area contributed by atoms with Gasteiger partial charge in [-0.05, 0) is 42.6 Å². The quantitative estimate of drug-likeness (QED) is 0.842. The Morgan fingerprint density at radius 1 is 1.39 bits per heavy atom. The molecule has 1 fully saturated rings. The molecule has 2 aromatic rings. The topological polar surface area (TPSA) is 37.8 Å². The third-order valence-electron chi connectivity index (χ3n) is 3.99. The highest BCUT2D eigenvalue weighted by Crippen LogP contribution is 2.41. The Labute approximate surface area is 110 Å². The summed E-state index contributed by atoms with van der Waals surface area (Å²) in [5.41, 5.74) is 1.10. The summed E-state index contributed by atoms with van der Waals surface area (Å²) in [6.45, 7) is 2.96. The van der Waals surface area contributed by atoms with Gasteiger partial charge in [0, 0.05) is 6.54 Å². The van der Waals surface area contributed by atoms with Crippen molar-refractivity contribution in [2.45, 2.75) is 32.7 Å². The molecule has 3 nitrogen and oxygen atoms in total. The van der Waals surface area contributed by atoms with Crippen LogP contribution in [0.1, 0.15) is 26.2 Å². The minimum atomic E-state index is 0.0301. The molecule has 1 aliphatic rings. The lowest BCUT2D eigenvalue weighted by Crippen LogP contribution is -2.35. The zero-order chi connectivity index (χ0) is 12.8. The van der Waals surface area contributed by atoms with Crippen LogP contribution in [-0.4, -0.2) is 9.55 Å². The van der Waals surface area contributed by atoms with Gasteiger partial charge in [0.1, 0.15) is 0 Å².